The molecule has 0 radical (unpaired) electrons. The number of benzene rings is 2. The molecule has 0 spiro atoms. The molecule has 3 heteroatoms. The molecule has 33 heavy (non-hydrogen) atoms. The van der Waals surface area contributed by atoms with Crippen molar-refractivity contribution in [1.82, 2.24) is 0 Å². The predicted molar refractivity (Wildman–Crippen MR) is 137 cm³/mol. The Bertz CT molecular complexity index is 788. The Morgan fingerprint density at radius 2 is 1.61 bits per heavy atom. The van der Waals surface area contributed by atoms with Crippen LogP contribution in [-0.4, -0.2) is 19.8 Å². The maximum absolute atomic E-state index is 6.03. The first-order valence-electron chi connectivity index (χ1n) is 12.9. The third-order valence-electron chi connectivity index (χ3n) is 6.66. The number of rotatable bonds is 14. The first kappa shape index (κ1) is 25.5. The van der Waals surface area contributed by atoms with E-state index >= 15 is 0 Å². The Morgan fingerprint density at radius 3 is 2.24 bits per heavy atom. The van der Waals surface area contributed by atoms with E-state index in [-0.39, 0.29) is 6.29 Å². The summed E-state index contributed by atoms with van der Waals surface area (Å²) in [7, 11) is 0. The van der Waals surface area contributed by atoms with Crippen LogP contribution in [0.4, 0.5) is 0 Å². The van der Waals surface area contributed by atoms with Gasteiger partial charge >= 0.3 is 0 Å². The Hall–Kier alpha value is -2.10. The molecule has 1 aliphatic rings. The summed E-state index contributed by atoms with van der Waals surface area (Å²) in [6.07, 6.45) is 11.4. The molecule has 1 fully saturated rings. The summed E-state index contributed by atoms with van der Waals surface area (Å²) in [4.78, 5) is 0. The molecule has 1 aliphatic heterocycles. The van der Waals surface area contributed by atoms with E-state index in [1.54, 1.807) is 0 Å². The van der Waals surface area contributed by atoms with E-state index in [2.05, 4.69) is 69.0 Å². The lowest BCUT2D eigenvalue weighted by Gasteiger charge is -2.29. The van der Waals surface area contributed by atoms with Crippen molar-refractivity contribution in [1.29, 1.82) is 0 Å². The molecule has 1 saturated heterocycles. The van der Waals surface area contributed by atoms with Crippen molar-refractivity contribution in [2.75, 3.05) is 19.8 Å². The molecule has 180 valence electrons. The molecule has 0 aromatic heterocycles. The van der Waals surface area contributed by atoms with Gasteiger partial charge in [-0.2, -0.15) is 0 Å². The lowest BCUT2D eigenvalue weighted by atomic mass is 10.0. The van der Waals surface area contributed by atoms with Crippen molar-refractivity contribution >= 4 is 0 Å². The van der Waals surface area contributed by atoms with Gasteiger partial charge in [0.15, 0.2) is 6.29 Å². The highest BCUT2D eigenvalue weighted by atomic mass is 16.7. The number of unbranched alkanes of at least 4 members (excludes halogenated alkanes) is 3. The molecule has 1 heterocycles. The van der Waals surface area contributed by atoms with E-state index in [1.807, 2.05) is 6.08 Å². The summed E-state index contributed by atoms with van der Waals surface area (Å²) in [5, 5.41) is 0. The second-order valence-corrected chi connectivity index (χ2v) is 9.44. The lowest BCUT2D eigenvalue weighted by molar-refractivity contribution is -0.206. The Labute approximate surface area is 201 Å². The van der Waals surface area contributed by atoms with Crippen LogP contribution in [0.15, 0.2) is 61.2 Å². The average Bonchev–Trinajstić information content (AvgIpc) is 2.87. The van der Waals surface area contributed by atoms with Crippen molar-refractivity contribution in [2.45, 2.75) is 71.5 Å². The van der Waals surface area contributed by atoms with Crippen LogP contribution >= 0.6 is 0 Å². The average molecular weight is 451 g/mol. The van der Waals surface area contributed by atoms with E-state index in [1.165, 1.54) is 49.7 Å². The molecular weight excluding hydrogens is 408 g/mol. The molecule has 2 aromatic rings. The van der Waals surface area contributed by atoms with Gasteiger partial charge in [0, 0.05) is 11.5 Å². The Balaban J connectivity index is 1.41. The minimum Gasteiger partial charge on any atom is -0.494 e. The predicted octanol–water partition coefficient (Wildman–Crippen LogP) is 8.36. The van der Waals surface area contributed by atoms with Gasteiger partial charge in [-0.3, -0.25) is 0 Å². The van der Waals surface area contributed by atoms with Crippen LogP contribution in [0.2, 0.25) is 0 Å². The second-order valence-electron chi connectivity index (χ2n) is 9.44. The lowest BCUT2D eigenvalue weighted by Crippen LogP contribution is -2.27. The van der Waals surface area contributed by atoms with E-state index in [0.717, 1.165) is 49.9 Å². The van der Waals surface area contributed by atoms with E-state index in [0.29, 0.717) is 5.92 Å². The van der Waals surface area contributed by atoms with E-state index in [9.17, 15) is 0 Å². The van der Waals surface area contributed by atoms with E-state index < -0.39 is 0 Å². The van der Waals surface area contributed by atoms with Gasteiger partial charge < -0.3 is 14.2 Å². The molecule has 0 amide bonds. The number of allylic oxidation sites excluding steroid dienone is 1. The van der Waals surface area contributed by atoms with Crippen LogP contribution in [0, 0.1) is 11.8 Å². The smallest absolute Gasteiger partial charge is 0.183 e. The van der Waals surface area contributed by atoms with Crippen LogP contribution in [0.3, 0.4) is 0 Å². The summed E-state index contributed by atoms with van der Waals surface area (Å²) in [5.41, 5.74) is 3.47. The standard InChI is InChI=1S/C30H42O3/c1-4-6-7-8-9-12-25-22-32-30(33-23-25)28-15-13-26(14-16-28)27-17-19-29(20-18-27)31-21-10-11-24(3)5-2/h4,13-20,24-25,30H,1,5-12,21-23H2,2-3H3/t24-,25-,30-/m0/s1. The summed E-state index contributed by atoms with van der Waals surface area (Å²) in [6.45, 7) is 10.7. The van der Waals surface area contributed by atoms with Crippen molar-refractivity contribution in [3.05, 3.63) is 66.7 Å². The Kier molecular flexibility index (Phi) is 11.0. The molecule has 2 aromatic carbocycles. The monoisotopic (exact) mass is 450 g/mol. The van der Waals surface area contributed by atoms with Crippen molar-refractivity contribution < 1.29 is 14.2 Å². The number of ether oxygens (including phenoxy) is 3. The van der Waals surface area contributed by atoms with Crippen LogP contribution in [0.25, 0.3) is 11.1 Å². The maximum atomic E-state index is 6.03. The summed E-state index contributed by atoms with van der Waals surface area (Å²) < 4.78 is 18.0. The second kappa shape index (κ2) is 14.2. The molecule has 0 bridgehead atoms. The minimum atomic E-state index is -0.248. The van der Waals surface area contributed by atoms with Gasteiger partial charge in [-0.1, -0.05) is 75.6 Å². The summed E-state index contributed by atoms with van der Waals surface area (Å²) in [5.74, 6) is 2.24. The largest absolute Gasteiger partial charge is 0.494 e. The third-order valence-corrected chi connectivity index (χ3v) is 6.66. The fraction of sp³-hybridized carbons (Fsp3) is 0.533. The van der Waals surface area contributed by atoms with Gasteiger partial charge in [0.25, 0.3) is 0 Å². The molecule has 0 saturated carbocycles. The van der Waals surface area contributed by atoms with Gasteiger partial charge in [0.05, 0.1) is 19.8 Å². The quantitative estimate of drug-likeness (QED) is 0.214. The zero-order valence-corrected chi connectivity index (χ0v) is 20.6. The molecular formula is C30H42O3. The molecule has 3 nitrogen and oxygen atoms in total. The van der Waals surface area contributed by atoms with Gasteiger partial charge in [-0.05, 0) is 61.3 Å². The van der Waals surface area contributed by atoms with Crippen LogP contribution in [0.5, 0.6) is 5.75 Å². The first-order chi connectivity index (χ1) is 16.2. The molecule has 1 atom stereocenters. The highest BCUT2D eigenvalue weighted by Crippen LogP contribution is 2.30. The SMILES string of the molecule is C=CCCCCC[C@H]1CO[C@H](c2ccc(-c3ccc(OCCC[C@@H](C)CC)cc3)cc2)OC1. The zero-order chi connectivity index (χ0) is 23.3. The molecule has 0 N–H and O–H groups in total. The highest BCUT2D eigenvalue weighted by molar-refractivity contribution is 5.64. The number of hydrogen-bond donors (Lipinski definition) is 0. The van der Waals surface area contributed by atoms with E-state index in [4.69, 9.17) is 14.2 Å². The number of hydrogen-bond acceptors (Lipinski definition) is 3. The maximum Gasteiger partial charge on any atom is 0.183 e. The van der Waals surface area contributed by atoms with Gasteiger partial charge in [-0.15, -0.1) is 6.58 Å². The summed E-state index contributed by atoms with van der Waals surface area (Å²) in [6, 6.07) is 16.9. The van der Waals surface area contributed by atoms with Crippen molar-refractivity contribution in [3.63, 3.8) is 0 Å². The minimum absolute atomic E-state index is 0.248. The van der Waals surface area contributed by atoms with Gasteiger partial charge in [0.2, 0.25) is 0 Å². The fourth-order valence-corrected chi connectivity index (χ4v) is 4.20. The highest BCUT2D eigenvalue weighted by Gasteiger charge is 2.23. The topological polar surface area (TPSA) is 27.7 Å². The van der Waals surface area contributed by atoms with Crippen molar-refractivity contribution in [2.24, 2.45) is 11.8 Å². The van der Waals surface area contributed by atoms with Crippen molar-refractivity contribution in [3.8, 4) is 16.9 Å². The molecule has 0 aliphatic carbocycles. The summed E-state index contributed by atoms with van der Waals surface area (Å²) >= 11 is 0. The van der Waals surface area contributed by atoms with Gasteiger partial charge in [0.1, 0.15) is 5.75 Å². The first-order valence-corrected chi connectivity index (χ1v) is 12.9. The molecule has 3 rings (SSSR count). The molecule has 0 unspecified atom stereocenters. The van der Waals surface area contributed by atoms with Crippen LogP contribution in [0.1, 0.15) is 77.1 Å². The fourth-order valence-electron chi connectivity index (χ4n) is 4.20. The normalized spacial score (nSPS) is 19.2. The third kappa shape index (κ3) is 8.64. The Morgan fingerprint density at radius 1 is 0.939 bits per heavy atom. The van der Waals surface area contributed by atoms with Crippen LogP contribution in [-0.2, 0) is 9.47 Å². The van der Waals surface area contributed by atoms with Crippen LogP contribution < -0.4 is 4.74 Å². The van der Waals surface area contributed by atoms with Gasteiger partial charge in [-0.25, -0.2) is 0 Å². The zero-order valence-electron chi connectivity index (χ0n) is 20.6.